The molecular formula is C17H34N4. The minimum atomic E-state index is 0.666. The zero-order valence-electron chi connectivity index (χ0n) is 14.2. The van der Waals surface area contributed by atoms with Crippen molar-refractivity contribution >= 4 is 5.96 Å². The summed E-state index contributed by atoms with van der Waals surface area (Å²) in [6, 6.07) is 0.666. The minimum absolute atomic E-state index is 0.666. The van der Waals surface area contributed by atoms with Crippen LogP contribution < -0.4 is 10.6 Å². The van der Waals surface area contributed by atoms with E-state index >= 15 is 0 Å². The van der Waals surface area contributed by atoms with Crippen molar-refractivity contribution in [1.82, 2.24) is 15.5 Å². The molecule has 0 bridgehead atoms. The van der Waals surface area contributed by atoms with Gasteiger partial charge in [-0.25, -0.2) is 0 Å². The van der Waals surface area contributed by atoms with E-state index in [2.05, 4.69) is 34.4 Å². The van der Waals surface area contributed by atoms with Gasteiger partial charge >= 0.3 is 0 Å². The molecule has 2 unspecified atom stereocenters. The lowest BCUT2D eigenvalue weighted by molar-refractivity contribution is 0.191. The van der Waals surface area contributed by atoms with Gasteiger partial charge in [-0.2, -0.15) is 0 Å². The molecule has 0 aromatic heterocycles. The number of guanidine groups is 1. The highest BCUT2D eigenvalue weighted by Gasteiger charge is 2.36. The van der Waals surface area contributed by atoms with Gasteiger partial charge in [0, 0.05) is 19.6 Å². The Kier molecular flexibility index (Phi) is 6.81. The van der Waals surface area contributed by atoms with Gasteiger partial charge in [0.2, 0.25) is 0 Å². The van der Waals surface area contributed by atoms with Crippen LogP contribution in [0.1, 0.15) is 52.4 Å². The normalized spacial score (nSPS) is 27.7. The Morgan fingerprint density at radius 1 is 1.29 bits per heavy atom. The molecule has 4 nitrogen and oxygen atoms in total. The molecule has 2 atom stereocenters. The van der Waals surface area contributed by atoms with E-state index in [1.165, 1.54) is 58.2 Å². The Hall–Kier alpha value is -0.770. The summed E-state index contributed by atoms with van der Waals surface area (Å²) in [5.74, 6) is 2.80. The van der Waals surface area contributed by atoms with Crippen molar-refractivity contribution in [3.8, 4) is 0 Å². The summed E-state index contributed by atoms with van der Waals surface area (Å²) >= 11 is 0. The fourth-order valence-electron chi connectivity index (χ4n) is 3.28. The zero-order valence-corrected chi connectivity index (χ0v) is 14.2. The highest BCUT2D eigenvalue weighted by Crippen LogP contribution is 2.34. The monoisotopic (exact) mass is 294 g/mol. The van der Waals surface area contributed by atoms with Crippen LogP contribution in [0.2, 0.25) is 0 Å². The Balaban J connectivity index is 1.53. The zero-order chi connectivity index (χ0) is 15.1. The van der Waals surface area contributed by atoms with E-state index in [0.29, 0.717) is 6.04 Å². The molecular weight excluding hydrogens is 260 g/mol. The molecule has 1 saturated heterocycles. The van der Waals surface area contributed by atoms with Crippen molar-refractivity contribution in [2.45, 2.75) is 58.4 Å². The van der Waals surface area contributed by atoms with Crippen LogP contribution in [0.15, 0.2) is 4.99 Å². The fraction of sp³-hybridized carbons (Fsp3) is 0.941. The summed E-state index contributed by atoms with van der Waals surface area (Å²) in [7, 11) is 1.87. The molecule has 0 spiro atoms. The molecule has 2 fully saturated rings. The van der Waals surface area contributed by atoms with Crippen LogP contribution >= 0.6 is 0 Å². The minimum Gasteiger partial charge on any atom is -0.356 e. The summed E-state index contributed by atoms with van der Waals surface area (Å²) < 4.78 is 0. The lowest BCUT2D eigenvalue weighted by atomic mass is 9.99. The second-order valence-electron chi connectivity index (χ2n) is 6.91. The van der Waals surface area contributed by atoms with Gasteiger partial charge in [0.1, 0.15) is 0 Å². The van der Waals surface area contributed by atoms with Gasteiger partial charge in [0.05, 0.1) is 0 Å². The summed E-state index contributed by atoms with van der Waals surface area (Å²) in [5.41, 5.74) is 0. The number of aliphatic imine (C=N–C) groups is 1. The molecule has 1 aliphatic carbocycles. The van der Waals surface area contributed by atoms with Crippen LogP contribution in [-0.4, -0.2) is 50.1 Å². The third kappa shape index (κ3) is 5.85. The number of nitrogens with zero attached hydrogens (tertiary/aromatic N) is 2. The highest BCUT2D eigenvalue weighted by molar-refractivity contribution is 5.80. The lowest BCUT2D eigenvalue weighted by Gasteiger charge is -2.30. The van der Waals surface area contributed by atoms with Gasteiger partial charge in [-0.1, -0.05) is 20.3 Å². The molecule has 1 saturated carbocycles. The summed E-state index contributed by atoms with van der Waals surface area (Å²) in [6.45, 7) is 9.46. The standard InChI is InChI=1S/C17H34N4/c1-4-6-15-13-16(15)20-17(18-3)19-9-5-10-21-11-7-14(2)8-12-21/h14-16H,4-13H2,1-3H3,(H2,18,19,20). The number of hydrogen-bond acceptors (Lipinski definition) is 2. The van der Waals surface area contributed by atoms with Crippen LogP contribution in [-0.2, 0) is 0 Å². The number of piperidine rings is 1. The van der Waals surface area contributed by atoms with Gasteiger partial charge in [-0.3, -0.25) is 4.99 Å². The van der Waals surface area contributed by atoms with E-state index in [9.17, 15) is 0 Å². The van der Waals surface area contributed by atoms with E-state index in [-0.39, 0.29) is 0 Å². The van der Waals surface area contributed by atoms with Crippen LogP contribution in [0.4, 0.5) is 0 Å². The van der Waals surface area contributed by atoms with Crippen molar-refractivity contribution in [3.05, 3.63) is 0 Å². The SMILES string of the molecule is CCCC1CC1NC(=NC)NCCCN1CCC(C)CC1. The third-order valence-corrected chi connectivity index (χ3v) is 4.95. The number of nitrogens with one attached hydrogen (secondary N) is 2. The predicted molar refractivity (Wildman–Crippen MR) is 90.8 cm³/mol. The number of rotatable bonds is 7. The molecule has 4 heteroatoms. The maximum Gasteiger partial charge on any atom is 0.191 e. The van der Waals surface area contributed by atoms with Crippen molar-refractivity contribution < 1.29 is 0 Å². The Bertz CT molecular complexity index is 321. The van der Waals surface area contributed by atoms with E-state index in [1.807, 2.05) is 7.05 Å². The molecule has 0 aromatic rings. The molecule has 0 radical (unpaired) electrons. The smallest absolute Gasteiger partial charge is 0.191 e. The van der Waals surface area contributed by atoms with Crippen molar-refractivity contribution in [2.75, 3.05) is 33.2 Å². The lowest BCUT2D eigenvalue weighted by Crippen LogP contribution is -2.41. The molecule has 21 heavy (non-hydrogen) atoms. The first kappa shape index (κ1) is 16.6. The molecule has 2 rings (SSSR count). The first-order valence-corrected chi connectivity index (χ1v) is 8.92. The van der Waals surface area contributed by atoms with Gasteiger partial charge in [0.15, 0.2) is 5.96 Å². The van der Waals surface area contributed by atoms with Crippen molar-refractivity contribution in [3.63, 3.8) is 0 Å². The average Bonchev–Trinajstić information content (AvgIpc) is 3.22. The van der Waals surface area contributed by atoms with Gasteiger partial charge in [-0.05, 0) is 63.6 Å². The van der Waals surface area contributed by atoms with E-state index in [0.717, 1.165) is 24.3 Å². The molecule has 2 N–H and O–H groups in total. The Labute approximate surface area is 130 Å². The summed E-state index contributed by atoms with van der Waals surface area (Å²) in [4.78, 5) is 6.95. The first-order valence-electron chi connectivity index (χ1n) is 8.92. The maximum absolute atomic E-state index is 4.34. The molecule has 1 aliphatic heterocycles. The first-order chi connectivity index (χ1) is 10.2. The average molecular weight is 294 g/mol. The second-order valence-corrected chi connectivity index (χ2v) is 6.91. The van der Waals surface area contributed by atoms with Crippen LogP contribution in [0.25, 0.3) is 0 Å². The predicted octanol–water partition coefficient (Wildman–Crippen LogP) is 2.46. The van der Waals surface area contributed by atoms with Crippen molar-refractivity contribution in [1.29, 1.82) is 0 Å². The highest BCUT2D eigenvalue weighted by atomic mass is 15.2. The Morgan fingerprint density at radius 3 is 2.71 bits per heavy atom. The molecule has 1 heterocycles. The van der Waals surface area contributed by atoms with E-state index in [1.54, 1.807) is 0 Å². The molecule has 0 amide bonds. The quantitative estimate of drug-likeness (QED) is 0.430. The fourth-order valence-corrected chi connectivity index (χ4v) is 3.28. The second kappa shape index (κ2) is 8.62. The summed E-state index contributed by atoms with van der Waals surface area (Å²) in [5, 5.41) is 7.01. The molecule has 122 valence electrons. The van der Waals surface area contributed by atoms with Crippen LogP contribution in [0.3, 0.4) is 0 Å². The maximum atomic E-state index is 4.34. The topological polar surface area (TPSA) is 39.7 Å². The van der Waals surface area contributed by atoms with Crippen molar-refractivity contribution in [2.24, 2.45) is 16.8 Å². The Morgan fingerprint density at radius 2 is 2.05 bits per heavy atom. The summed E-state index contributed by atoms with van der Waals surface area (Å²) in [6.07, 6.45) is 7.91. The molecule has 2 aliphatic rings. The number of likely N-dealkylation sites (tertiary alicyclic amines) is 1. The van der Waals surface area contributed by atoms with Crippen LogP contribution in [0.5, 0.6) is 0 Å². The van der Waals surface area contributed by atoms with Crippen LogP contribution in [0, 0.1) is 11.8 Å². The van der Waals surface area contributed by atoms with E-state index < -0.39 is 0 Å². The van der Waals surface area contributed by atoms with Gasteiger partial charge < -0.3 is 15.5 Å². The number of hydrogen-bond donors (Lipinski definition) is 2. The largest absolute Gasteiger partial charge is 0.356 e. The van der Waals surface area contributed by atoms with E-state index in [4.69, 9.17) is 0 Å². The van der Waals surface area contributed by atoms with Gasteiger partial charge in [0.25, 0.3) is 0 Å². The van der Waals surface area contributed by atoms with Gasteiger partial charge in [-0.15, -0.1) is 0 Å². The molecule has 0 aromatic carbocycles. The third-order valence-electron chi connectivity index (χ3n) is 4.95.